The zero-order valence-electron chi connectivity index (χ0n) is 15.5. The smallest absolute Gasteiger partial charge is 0.228 e. The van der Waals surface area contributed by atoms with Gasteiger partial charge < -0.3 is 10.4 Å². The number of aliphatic hydroxyl groups excluding tert-OH is 1. The van der Waals surface area contributed by atoms with Crippen LogP contribution in [-0.4, -0.2) is 32.7 Å². The molecule has 1 heterocycles. The molecule has 0 amide bonds. The van der Waals surface area contributed by atoms with Gasteiger partial charge in [-0.2, -0.15) is 15.0 Å². The Labute approximate surface area is 178 Å². The lowest BCUT2D eigenvalue weighted by Crippen LogP contribution is -2.27. The largest absolute Gasteiger partial charge is 0.394 e. The molecule has 2 atom stereocenters. The van der Waals surface area contributed by atoms with Crippen molar-refractivity contribution in [2.45, 2.75) is 55.5 Å². The van der Waals surface area contributed by atoms with E-state index in [4.69, 9.17) is 23.2 Å². The molecule has 1 unspecified atom stereocenters. The van der Waals surface area contributed by atoms with E-state index in [1.807, 2.05) is 6.92 Å². The van der Waals surface area contributed by atoms with Gasteiger partial charge in [-0.05, 0) is 48.6 Å². The van der Waals surface area contributed by atoms with Crippen LogP contribution in [0.3, 0.4) is 0 Å². The number of thioether (sulfide) groups is 1. The molecule has 2 N–H and O–H groups in total. The summed E-state index contributed by atoms with van der Waals surface area (Å²) in [6.07, 6.45) is 5.79. The standard InChI is InChI=1S/C19H23Cl2FN4OS/c1-11(13-6-7-15(20)16(22)9-13)28-19-25-17(21)24-18(26-19)23-14(10-27)8-12-4-2-3-5-12/h6-7,9,11-12,14,27H,2-5,8,10H2,1H3,(H,23,24,25,26)/t11?,14-/m1/s1. The summed E-state index contributed by atoms with van der Waals surface area (Å²) >= 11 is 13.2. The third kappa shape index (κ3) is 5.92. The molecule has 0 spiro atoms. The Kier molecular flexibility index (Phi) is 7.74. The van der Waals surface area contributed by atoms with Crippen LogP contribution in [0.4, 0.5) is 10.3 Å². The average Bonchev–Trinajstić information content (AvgIpc) is 3.16. The Balaban J connectivity index is 1.68. The molecular weight excluding hydrogens is 422 g/mol. The second-order valence-corrected chi connectivity index (χ2v) is 9.11. The Morgan fingerprint density at radius 3 is 2.68 bits per heavy atom. The van der Waals surface area contributed by atoms with Gasteiger partial charge in [0.25, 0.3) is 0 Å². The van der Waals surface area contributed by atoms with Crippen molar-refractivity contribution in [3.63, 3.8) is 0 Å². The van der Waals surface area contributed by atoms with Crippen LogP contribution in [0.15, 0.2) is 23.4 Å². The summed E-state index contributed by atoms with van der Waals surface area (Å²) in [4.78, 5) is 12.7. The molecule has 1 aliphatic rings. The zero-order chi connectivity index (χ0) is 20.1. The Morgan fingerprint density at radius 1 is 1.25 bits per heavy atom. The van der Waals surface area contributed by atoms with E-state index in [1.165, 1.54) is 49.6 Å². The van der Waals surface area contributed by atoms with Gasteiger partial charge in [-0.1, -0.05) is 55.1 Å². The van der Waals surface area contributed by atoms with E-state index in [9.17, 15) is 9.50 Å². The minimum absolute atomic E-state index is 0.00271. The molecule has 0 saturated heterocycles. The summed E-state index contributed by atoms with van der Waals surface area (Å²) in [5, 5.41) is 13.4. The van der Waals surface area contributed by atoms with Crippen molar-refractivity contribution in [1.82, 2.24) is 15.0 Å². The van der Waals surface area contributed by atoms with Crippen LogP contribution in [0.5, 0.6) is 0 Å². The predicted molar refractivity (Wildman–Crippen MR) is 112 cm³/mol. The van der Waals surface area contributed by atoms with Gasteiger partial charge in [-0.15, -0.1) is 0 Å². The number of rotatable bonds is 8. The molecule has 1 aromatic carbocycles. The summed E-state index contributed by atoms with van der Waals surface area (Å²) in [6, 6.07) is 4.59. The second-order valence-electron chi connectivity index (χ2n) is 7.05. The Morgan fingerprint density at radius 2 is 2.00 bits per heavy atom. The number of hydrogen-bond donors (Lipinski definition) is 2. The van der Waals surface area contributed by atoms with Crippen molar-refractivity contribution in [2.24, 2.45) is 5.92 Å². The molecule has 5 nitrogen and oxygen atoms in total. The molecule has 1 fully saturated rings. The Bertz CT molecular complexity index is 807. The molecule has 0 aliphatic heterocycles. The van der Waals surface area contributed by atoms with E-state index < -0.39 is 5.82 Å². The molecule has 0 radical (unpaired) electrons. The van der Waals surface area contributed by atoms with Gasteiger partial charge in [0.05, 0.1) is 17.7 Å². The number of aromatic nitrogens is 3. The van der Waals surface area contributed by atoms with Crippen molar-refractivity contribution in [1.29, 1.82) is 0 Å². The van der Waals surface area contributed by atoms with Crippen molar-refractivity contribution < 1.29 is 9.50 Å². The van der Waals surface area contributed by atoms with Gasteiger partial charge >= 0.3 is 0 Å². The minimum atomic E-state index is -0.458. The maximum Gasteiger partial charge on any atom is 0.228 e. The zero-order valence-corrected chi connectivity index (χ0v) is 17.9. The first-order valence-electron chi connectivity index (χ1n) is 9.35. The highest BCUT2D eigenvalue weighted by Gasteiger charge is 2.21. The first kappa shape index (κ1) is 21.6. The van der Waals surface area contributed by atoms with Crippen molar-refractivity contribution >= 4 is 40.9 Å². The second kappa shape index (κ2) is 10.1. The number of nitrogens with one attached hydrogen (secondary N) is 1. The quantitative estimate of drug-likeness (QED) is 0.521. The number of anilines is 1. The van der Waals surface area contributed by atoms with Gasteiger partial charge in [0, 0.05) is 5.25 Å². The van der Waals surface area contributed by atoms with Gasteiger partial charge in [-0.3, -0.25) is 0 Å². The monoisotopic (exact) mass is 444 g/mol. The fourth-order valence-corrected chi connectivity index (χ4v) is 4.66. The van der Waals surface area contributed by atoms with E-state index in [-0.39, 0.29) is 28.2 Å². The molecular formula is C19H23Cl2FN4OS. The predicted octanol–water partition coefficient (Wildman–Crippen LogP) is 5.52. The van der Waals surface area contributed by atoms with Crippen LogP contribution in [0.1, 0.15) is 49.8 Å². The molecule has 152 valence electrons. The SMILES string of the molecule is CC(Sc1nc(Cl)nc(N[C@@H](CO)CC2CCCC2)n1)c1ccc(Cl)c(F)c1. The van der Waals surface area contributed by atoms with E-state index >= 15 is 0 Å². The van der Waals surface area contributed by atoms with E-state index in [1.54, 1.807) is 6.07 Å². The van der Waals surface area contributed by atoms with Crippen molar-refractivity contribution in [3.8, 4) is 0 Å². The number of halogens is 3. The third-order valence-corrected chi connectivity index (χ3v) is 6.42. The number of aliphatic hydroxyl groups is 1. The summed E-state index contributed by atoms with van der Waals surface area (Å²) in [5.41, 5.74) is 0.771. The highest BCUT2D eigenvalue weighted by molar-refractivity contribution is 7.99. The van der Waals surface area contributed by atoms with Crippen LogP contribution in [0.25, 0.3) is 0 Å². The van der Waals surface area contributed by atoms with Gasteiger partial charge in [0.1, 0.15) is 5.82 Å². The molecule has 1 aromatic heterocycles. The van der Waals surface area contributed by atoms with Gasteiger partial charge in [0.2, 0.25) is 11.2 Å². The lowest BCUT2D eigenvalue weighted by molar-refractivity contribution is 0.254. The fraction of sp³-hybridized carbons (Fsp3) is 0.526. The van der Waals surface area contributed by atoms with Crippen molar-refractivity contribution in [3.05, 3.63) is 39.9 Å². The number of nitrogens with zero attached hydrogens (tertiary/aromatic N) is 3. The molecule has 3 rings (SSSR count). The maximum atomic E-state index is 13.7. The number of hydrogen-bond acceptors (Lipinski definition) is 6. The maximum absolute atomic E-state index is 13.7. The van der Waals surface area contributed by atoms with Gasteiger partial charge in [-0.25, -0.2) is 4.39 Å². The summed E-state index contributed by atoms with van der Waals surface area (Å²) in [5.74, 6) is 0.505. The fourth-order valence-electron chi connectivity index (χ4n) is 3.45. The first-order valence-corrected chi connectivity index (χ1v) is 11.0. The van der Waals surface area contributed by atoms with Crippen LogP contribution in [0, 0.1) is 11.7 Å². The minimum Gasteiger partial charge on any atom is -0.394 e. The summed E-state index contributed by atoms with van der Waals surface area (Å²) in [7, 11) is 0. The number of benzene rings is 1. The van der Waals surface area contributed by atoms with E-state index in [2.05, 4.69) is 20.3 Å². The molecule has 1 saturated carbocycles. The first-order chi connectivity index (χ1) is 13.4. The molecule has 9 heteroatoms. The topological polar surface area (TPSA) is 70.9 Å². The highest BCUT2D eigenvalue weighted by Crippen LogP contribution is 2.35. The van der Waals surface area contributed by atoms with Crippen LogP contribution < -0.4 is 5.32 Å². The van der Waals surface area contributed by atoms with Crippen LogP contribution in [0.2, 0.25) is 10.3 Å². The normalized spacial score (nSPS) is 16.9. The molecule has 28 heavy (non-hydrogen) atoms. The van der Waals surface area contributed by atoms with Crippen LogP contribution in [-0.2, 0) is 0 Å². The van der Waals surface area contributed by atoms with Crippen LogP contribution >= 0.6 is 35.0 Å². The lowest BCUT2D eigenvalue weighted by atomic mass is 9.99. The molecule has 2 aromatic rings. The van der Waals surface area contributed by atoms with E-state index in [0.717, 1.165) is 12.0 Å². The lowest BCUT2D eigenvalue weighted by Gasteiger charge is -2.20. The van der Waals surface area contributed by atoms with E-state index in [0.29, 0.717) is 17.0 Å². The Hall–Kier alpha value is -1.15. The van der Waals surface area contributed by atoms with Gasteiger partial charge in [0.15, 0.2) is 5.16 Å². The molecule has 0 bridgehead atoms. The van der Waals surface area contributed by atoms with Crippen molar-refractivity contribution in [2.75, 3.05) is 11.9 Å². The summed E-state index contributed by atoms with van der Waals surface area (Å²) < 4.78 is 13.7. The molecule has 1 aliphatic carbocycles. The third-order valence-electron chi connectivity index (χ3n) is 4.93. The average molecular weight is 445 g/mol. The highest BCUT2D eigenvalue weighted by atomic mass is 35.5. The summed E-state index contributed by atoms with van der Waals surface area (Å²) in [6.45, 7) is 1.93.